The second-order valence-electron chi connectivity index (χ2n) is 8.90. The van der Waals surface area contributed by atoms with Crippen LogP contribution in [0.25, 0.3) is 0 Å². The highest BCUT2D eigenvalue weighted by Crippen LogP contribution is 2.42. The van der Waals surface area contributed by atoms with Crippen LogP contribution in [0.5, 0.6) is 0 Å². The van der Waals surface area contributed by atoms with Crippen LogP contribution in [0, 0.1) is 11.3 Å². The third-order valence-electron chi connectivity index (χ3n) is 6.78. The van der Waals surface area contributed by atoms with Crippen molar-refractivity contribution in [2.75, 3.05) is 53.1 Å². The summed E-state index contributed by atoms with van der Waals surface area (Å²) in [5.74, 6) is 1.80. The lowest BCUT2D eigenvalue weighted by molar-refractivity contribution is 0.0203. The normalized spacial score (nSPS) is 23.9. The van der Waals surface area contributed by atoms with Crippen LogP contribution >= 0.6 is 24.0 Å². The highest BCUT2D eigenvalue weighted by atomic mass is 127. The number of nitrogens with zero attached hydrogens (tertiary/aromatic N) is 2. The van der Waals surface area contributed by atoms with E-state index in [1.807, 2.05) is 7.05 Å². The van der Waals surface area contributed by atoms with Crippen molar-refractivity contribution >= 4 is 29.9 Å². The molecule has 3 aliphatic rings. The molecule has 1 spiro atoms. The van der Waals surface area contributed by atoms with Crippen molar-refractivity contribution in [3.63, 3.8) is 0 Å². The highest BCUT2D eigenvalue weighted by molar-refractivity contribution is 14.0. The fourth-order valence-electron chi connectivity index (χ4n) is 5.15. The van der Waals surface area contributed by atoms with Gasteiger partial charge in [0.2, 0.25) is 0 Å². The standard InChI is InChI=1S/C22H41N3O2.HI/c1-23-21(24-13-7-15-27-18-20-8-16-26-17-9-20)25-14-6-12-22(19-25)10-4-2-3-5-11-22;/h20H,2-19H2,1H3,(H,23,24);1H. The molecule has 1 saturated carbocycles. The number of rotatable bonds is 6. The number of nitrogens with one attached hydrogen (secondary N) is 1. The predicted octanol–water partition coefficient (Wildman–Crippen LogP) is 4.45. The molecule has 3 fully saturated rings. The van der Waals surface area contributed by atoms with Gasteiger partial charge in [0.25, 0.3) is 0 Å². The van der Waals surface area contributed by atoms with Crippen molar-refractivity contribution < 1.29 is 9.47 Å². The van der Waals surface area contributed by atoms with Crippen LogP contribution in [0.3, 0.4) is 0 Å². The SMILES string of the molecule is CN=C(NCCCOCC1CCOCC1)N1CCCC2(CCCCCC2)C1.I. The average Bonchev–Trinajstić information content (AvgIpc) is 2.93. The molecule has 0 unspecified atom stereocenters. The summed E-state index contributed by atoms with van der Waals surface area (Å²) in [6.45, 7) is 6.85. The fraction of sp³-hybridized carbons (Fsp3) is 0.955. The van der Waals surface area contributed by atoms with Crippen molar-refractivity contribution in [1.29, 1.82) is 0 Å². The van der Waals surface area contributed by atoms with Crippen LogP contribution in [0.15, 0.2) is 4.99 Å². The molecule has 0 amide bonds. The maximum atomic E-state index is 5.89. The summed E-state index contributed by atoms with van der Waals surface area (Å²) in [4.78, 5) is 7.11. The number of aliphatic imine (C=N–C) groups is 1. The number of likely N-dealkylation sites (tertiary alicyclic amines) is 1. The summed E-state index contributed by atoms with van der Waals surface area (Å²) >= 11 is 0. The number of ether oxygens (including phenoxy) is 2. The number of hydrogen-bond donors (Lipinski definition) is 1. The zero-order valence-electron chi connectivity index (χ0n) is 17.9. The van der Waals surface area contributed by atoms with Crippen molar-refractivity contribution in [2.45, 2.75) is 70.6 Å². The molecule has 5 nitrogen and oxygen atoms in total. The molecule has 0 aromatic heterocycles. The first-order valence-electron chi connectivity index (χ1n) is 11.4. The van der Waals surface area contributed by atoms with Crippen LogP contribution in [-0.4, -0.2) is 64.0 Å². The average molecular weight is 508 g/mol. The molecule has 0 bridgehead atoms. The molecule has 0 atom stereocenters. The van der Waals surface area contributed by atoms with E-state index in [1.165, 1.54) is 57.9 Å². The van der Waals surface area contributed by atoms with E-state index in [-0.39, 0.29) is 24.0 Å². The Kier molecular flexibility index (Phi) is 11.5. The van der Waals surface area contributed by atoms with Gasteiger partial charge in [-0.25, -0.2) is 0 Å². The minimum absolute atomic E-state index is 0. The first-order valence-corrected chi connectivity index (χ1v) is 11.4. The summed E-state index contributed by atoms with van der Waals surface area (Å²) < 4.78 is 11.3. The van der Waals surface area contributed by atoms with Gasteiger partial charge in [0, 0.05) is 53.1 Å². The van der Waals surface area contributed by atoms with E-state index in [2.05, 4.69) is 15.2 Å². The zero-order chi connectivity index (χ0) is 18.8. The highest BCUT2D eigenvalue weighted by Gasteiger charge is 2.36. The minimum Gasteiger partial charge on any atom is -0.381 e. The fourth-order valence-corrected chi connectivity index (χ4v) is 5.15. The largest absolute Gasteiger partial charge is 0.381 e. The lowest BCUT2D eigenvalue weighted by Crippen LogP contribution is -2.50. The van der Waals surface area contributed by atoms with Gasteiger partial charge in [-0.3, -0.25) is 4.99 Å². The Balaban J connectivity index is 0.00000280. The number of guanidine groups is 1. The van der Waals surface area contributed by atoms with E-state index in [0.717, 1.165) is 64.7 Å². The second kappa shape index (κ2) is 13.3. The summed E-state index contributed by atoms with van der Waals surface area (Å²) in [5.41, 5.74) is 0.555. The second-order valence-corrected chi connectivity index (χ2v) is 8.90. The Morgan fingerprint density at radius 2 is 1.82 bits per heavy atom. The van der Waals surface area contributed by atoms with E-state index < -0.39 is 0 Å². The Morgan fingerprint density at radius 1 is 1.11 bits per heavy atom. The van der Waals surface area contributed by atoms with Gasteiger partial charge in [-0.1, -0.05) is 25.7 Å². The molecule has 6 heteroatoms. The Labute approximate surface area is 189 Å². The van der Waals surface area contributed by atoms with E-state index >= 15 is 0 Å². The third-order valence-corrected chi connectivity index (χ3v) is 6.78. The van der Waals surface area contributed by atoms with Gasteiger partial charge in [-0.15, -0.1) is 24.0 Å². The van der Waals surface area contributed by atoms with Gasteiger partial charge in [-0.2, -0.15) is 0 Å². The lowest BCUT2D eigenvalue weighted by Gasteiger charge is -2.44. The van der Waals surface area contributed by atoms with Gasteiger partial charge in [-0.05, 0) is 56.3 Å². The molecular formula is C22H42IN3O2. The quantitative estimate of drug-likeness (QED) is 0.250. The monoisotopic (exact) mass is 507 g/mol. The van der Waals surface area contributed by atoms with E-state index in [1.54, 1.807) is 0 Å². The molecule has 0 aromatic rings. The first kappa shape index (κ1) is 24.2. The molecule has 2 saturated heterocycles. The van der Waals surface area contributed by atoms with Gasteiger partial charge < -0.3 is 19.7 Å². The van der Waals surface area contributed by atoms with Gasteiger partial charge >= 0.3 is 0 Å². The maximum absolute atomic E-state index is 5.89. The minimum atomic E-state index is 0. The molecule has 0 radical (unpaired) electrons. The third kappa shape index (κ3) is 7.63. The van der Waals surface area contributed by atoms with Crippen LogP contribution in [0.4, 0.5) is 0 Å². The zero-order valence-corrected chi connectivity index (χ0v) is 20.3. The summed E-state index contributed by atoms with van der Waals surface area (Å²) in [7, 11) is 1.93. The van der Waals surface area contributed by atoms with Crippen molar-refractivity contribution in [3.05, 3.63) is 0 Å². The van der Waals surface area contributed by atoms with Gasteiger partial charge in [0.1, 0.15) is 0 Å². The van der Waals surface area contributed by atoms with Crippen LogP contribution < -0.4 is 5.32 Å². The molecule has 1 N–H and O–H groups in total. The van der Waals surface area contributed by atoms with E-state index in [0.29, 0.717) is 11.3 Å². The topological polar surface area (TPSA) is 46.1 Å². The predicted molar refractivity (Wildman–Crippen MR) is 127 cm³/mol. The Morgan fingerprint density at radius 3 is 2.54 bits per heavy atom. The van der Waals surface area contributed by atoms with Crippen molar-refractivity contribution in [2.24, 2.45) is 16.3 Å². The molecule has 3 rings (SSSR count). The smallest absolute Gasteiger partial charge is 0.193 e. The number of piperidine rings is 1. The molecule has 2 aliphatic heterocycles. The van der Waals surface area contributed by atoms with Crippen LogP contribution in [0.2, 0.25) is 0 Å². The summed E-state index contributed by atoms with van der Waals surface area (Å²) in [5, 5.41) is 3.59. The van der Waals surface area contributed by atoms with E-state index in [9.17, 15) is 0 Å². The summed E-state index contributed by atoms with van der Waals surface area (Å²) in [6, 6.07) is 0. The van der Waals surface area contributed by atoms with Crippen molar-refractivity contribution in [3.8, 4) is 0 Å². The Hall–Kier alpha value is -0.0800. The lowest BCUT2D eigenvalue weighted by atomic mass is 9.74. The number of halogens is 1. The number of hydrogen-bond acceptors (Lipinski definition) is 3. The molecule has 28 heavy (non-hydrogen) atoms. The van der Waals surface area contributed by atoms with E-state index in [4.69, 9.17) is 9.47 Å². The van der Waals surface area contributed by atoms with Gasteiger partial charge in [0.15, 0.2) is 5.96 Å². The molecule has 1 aliphatic carbocycles. The van der Waals surface area contributed by atoms with Crippen LogP contribution in [0.1, 0.15) is 70.6 Å². The summed E-state index contributed by atoms with van der Waals surface area (Å²) in [6.07, 6.45) is 14.6. The van der Waals surface area contributed by atoms with Crippen LogP contribution in [-0.2, 0) is 9.47 Å². The molecule has 2 heterocycles. The van der Waals surface area contributed by atoms with Crippen molar-refractivity contribution in [1.82, 2.24) is 10.2 Å². The maximum Gasteiger partial charge on any atom is 0.193 e. The molecular weight excluding hydrogens is 465 g/mol. The Bertz CT molecular complexity index is 447. The molecule has 164 valence electrons. The first-order chi connectivity index (χ1) is 13.3. The van der Waals surface area contributed by atoms with Gasteiger partial charge in [0.05, 0.1) is 0 Å². The molecule has 0 aromatic carbocycles.